The Morgan fingerprint density at radius 2 is 0.391 bits per heavy atom. The Hall–Kier alpha value is -6.34. The SMILES string of the molecule is [O]=[V](=[O])([O]O[Si](c1ccccc1)(c1ccccc1)c1ccccc1)([O][Si](c1ccccc1)(c1ccccc1)c1ccccc1)[O][Si](c1ccccc1)(c1ccccc1)c1ccccc1. The topological polar surface area (TPSA) is 71.1 Å². The van der Waals surface area contributed by atoms with E-state index in [0.29, 0.717) is 31.1 Å². The molecule has 0 bridgehead atoms. The zero-order chi connectivity index (χ0) is 43.8. The predicted molar refractivity (Wildman–Crippen MR) is 258 cm³/mol. The van der Waals surface area contributed by atoms with Crippen LogP contribution in [0.25, 0.3) is 0 Å². The summed E-state index contributed by atoms with van der Waals surface area (Å²) in [6.07, 6.45) is 0. The van der Waals surface area contributed by atoms with Crippen molar-refractivity contribution in [2.45, 2.75) is 0 Å². The zero-order valence-corrected chi connectivity index (χ0v) is 39.3. The van der Waals surface area contributed by atoms with Gasteiger partial charge in [0, 0.05) is 0 Å². The van der Waals surface area contributed by atoms with Gasteiger partial charge < -0.3 is 0 Å². The summed E-state index contributed by atoms with van der Waals surface area (Å²) < 4.78 is 63.3. The minimum absolute atomic E-state index is 0.669. The molecule has 9 aromatic carbocycles. The van der Waals surface area contributed by atoms with Crippen LogP contribution in [0.15, 0.2) is 273 Å². The molecule has 0 amide bonds. The van der Waals surface area contributed by atoms with Gasteiger partial charge in [-0.3, -0.25) is 0 Å². The monoisotopic (exact) mass is 924 g/mol. The second kappa shape index (κ2) is 18.4. The summed E-state index contributed by atoms with van der Waals surface area (Å²) in [5.74, 6) is 0. The molecule has 9 rings (SSSR count). The molecule has 0 unspecified atom stereocenters. The quantitative estimate of drug-likeness (QED) is 0.0506. The Labute approximate surface area is 378 Å². The molecule has 0 atom stereocenters. The van der Waals surface area contributed by atoms with E-state index in [4.69, 9.17) is 15.1 Å². The van der Waals surface area contributed by atoms with Crippen LogP contribution in [0.3, 0.4) is 0 Å². The minimum atomic E-state index is -8.09. The van der Waals surface area contributed by atoms with Crippen molar-refractivity contribution >= 4 is 71.6 Å². The van der Waals surface area contributed by atoms with E-state index in [1.165, 1.54) is 0 Å². The van der Waals surface area contributed by atoms with Crippen molar-refractivity contribution in [3.63, 3.8) is 0 Å². The maximum atomic E-state index is 17.4. The molecule has 0 aliphatic rings. The van der Waals surface area contributed by atoms with Crippen LogP contribution in [-0.4, -0.2) is 25.0 Å². The van der Waals surface area contributed by atoms with Gasteiger partial charge in [-0.05, 0) is 0 Å². The van der Waals surface area contributed by atoms with Crippen LogP contribution in [0, 0.1) is 0 Å². The molecule has 0 aromatic heterocycles. The second-order valence-corrected chi connectivity index (χ2v) is 29.5. The van der Waals surface area contributed by atoms with Gasteiger partial charge in [0.05, 0.1) is 0 Å². The van der Waals surface area contributed by atoms with Gasteiger partial charge in [-0.1, -0.05) is 0 Å². The summed E-state index contributed by atoms with van der Waals surface area (Å²) in [5, 5.41) is 6.29. The summed E-state index contributed by atoms with van der Waals surface area (Å²) >= 11 is -8.09. The van der Waals surface area contributed by atoms with Crippen LogP contribution in [0.2, 0.25) is 0 Å². The molecule has 9 aromatic rings. The maximum absolute atomic E-state index is 17.4. The van der Waals surface area contributed by atoms with E-state index in [0.717, 1.165) is 15.6 Å². The van der Waals surface area contributed by atoms with E-state index >= 15 is 7.35 Å². The Morgan fingerprint density at radius 3 is 0.562 bits per heavy atom. The van der Waals surface area contributed by atoms with E-state index in [9.17, 15) is 0 Å². The molecule has 0 fully saturated rings. The zero-order valence-electron chi connectivity index (χ0n) is 34.9. The summed E-state index contributed by atoms with van der Waals surface area (Å²) in [7, 11) is -12.3. The summed E-state index contributed by atoms with van der Waals surface area (Å²) in [6, 6.07) is 86.4. The molecule has 0 radical (unpaired) electrons. The van der Waals surface area contributed by atoms with Crippen molar-refractivity contribution in [2.75, 3.05) is 0 Å². The van der Waals surface area contributed by atoms with Gasteiger partial charge in [0.2, 0.25) is 0 Å². The predicted octanol–water partition coefficient (Wildman–Crippen LogP) is 6.09. The van der Waals surface area contributed by atoms with E-state index in [2.05, 4.69) is 0 Å². The average Bonchev–Trinajstić information content (AvgIpc) is 3.38. The van der Waals surface area contributed by atoms with Crippen molar-refractivity contribution in [2.24, 2.45) is 0 Å². The number of benzene rings is 9. The Morgan fingerprint density at radius 1 is 0.234 bits per heavy atom. The third kappa shape index (κ3) is 8.29. The molecular formula is C54H45O6Si3V. The molecule has 0 aliphatic heterocycles. The van der Waals surface area contributed by atoms with Gasteiger partial charge in [-0.15, -0.1) is 0 Å². The van der Waals surface area contributed by atoms with E-state index < -0.39 is 38.8 Å². The number of hydrogen-bond acceptors (Lipinski definition) is 6. The van der Waals surface area contributed by atoms with Crippen LogP contribution in [0.4, 0.5) is 0 Å². The van der Waals surface area contributed by atoms with Crippen molar-refractivity contribution in [1.29, 1.82) is 0 Å². The fourth-order valence-electron chi connectivity index (χ4n) is 8.63. The third-order valence-electron chi connectivity index (χ3n) is 11.5. The van der Waals surface area contributed by atoms with Gasteiger partial charge in [-0.25, -0.2) is 0 Å². The summed E-state index contributed by atoms with van der Waals surface area (Å²) in [6.45, 7) is 0. The van der Waals surface area contributed by atoms with E-state index in [1.807, 2.05) is 273 Å². The van der Waals surface area contributed by atoms with Crippen molar-refractivity contribution in [3.05, 3.63) is 273 Å². The molecule has 0 saturated carbocycles. The molecular weight excluding hydrogens is 880 g/mol. The van der Waals surface area contributed by atoms with Crippen molar-refractivity contribution < 1.29 is 36.3 Å². The molecule has 10 heteroatoms. The number of rotatable bonds is 16. The third-order valence-corrected chi connectivity index (χ3v) is 29.4. The first-order chi connectivity index (χ1) is 31.4. The van der Waals surface area contributed by atoms with Gasteiger partial charge in [0.1, 0.15) is 0 Å². The van der Waals surface area contributed by atoms with Crippen molar-refractivity contribution in [3.8, 4) is 0 Å². The van der Waals surface area contributed by atoms with Gasteiger partial charge in [0.25, 0.3) is 0 Å². The first-order valence-electron chi connectivity index (χ1n) is 21.1. The second-order valence-electron chi connectivity index (χ2n) is 15.4. The molecule has 6 nitrogen and oxygen atoms in total. The molecule has 0 saturated heterocycles. The van der Waals surface area contributed by atoms with E-state index in [-0.39, 0.29) is 0 Å². The normalized spacial score (nSPS) is 12.4. The molecule has 0 N–H and O–H groups in total. The fourth-order valence-corrected chi connectivity index (χ4v) is 28.9. The summed E-state index contributed by atoms with van der Waals surface area (Å²) in [4.78, 5) is 0. The fraction of sp³-hybridized carbons (Fsp3) is 0. The van der Waals surface area contributed by atoms with Crippen LogP contribution in [0.1, 0.15) is 0 Å². The van der Waals surface area contributed by atoms with Crippen LogP contribution >= 0.6 is 0 Å². The van der Waals surface area contributed by atoms with E-state index in [1.54, 1.807) is 0 Å². The van der Waals surface area contributed by atoms with Crippen LogP contribution in [-0.2, 0) is 36.3 Å². The standard InChI is InChI=1S/C18H16O2Si.2C18H15OSi.2O.V/c19-20-21(16-10-4-1-5-11-16,17-12-6-2-7-13-17)18-14-8-3-9-15-18;2*19-20(16-10-4-1-5-11-16,17-12-6-2-7-13-17)18-14-8-3-9-15-18;;;/h1-15,19H;2*1-15H;;;/q;2*-1;;;+3/p-1. The Balaban J connectivity index is 1.38. The average molecular weight is 925 g/mol. The van der Waals surface area contributed by atoms with Crippen molar-refractivity contribution in [1.82, 2.24) is 0 Å². The van der Waals surface area contributed by atoms with Crippen LogP contribution < -0.4 is 46.7 Å². The molecule has 0 spiro atoms. The molecule has 314 valence electrons. The van der Waals surface area contributed by atoms with Gasteiger partial charge in [-0.2, -0.15) is 0 Å². The Kier molecular flexibility index (Phi) is 12.3. The Bertz CT molecular complexity index is 2600. The van der Waals surface area contributed by atoms with Crippen LogP contribution in [0.5, 0.6) is 0 Å². The molecule has 0 heterocycles. The van der Waals surface area contributed by atoms with Gasteiger partial charge in [0.15, 0.2) is 0 Å². The first-order valence-corrected chi connectivity index (χ1v) is 29.7. The van der Waals surface area contributed by atoms with Gasteiger partial charge >= 0.3 is 381 Å². The first kappa shape index (κ1) is 42.9. The molecule has 64 heavy (non-hydrogen) atoms. The number of hydrogen-bond donors (Lipinski definition) is 0. The summed E-state index contributed by atoms with van der Waals surface area (Å²) in [5.41, 5.74) is 0. The molecule has 0 aliphatic carbocycles.